The Kier molecular flexibility index (Phi) is 6.62. The lowest BCUT2D eigenvalue weighted by atomic mass is 9.67. The number of aromatic nitrogens is 5. The summed E-state index contributed by atoms with van der Waals surface area (Å²) in [5.74, 6) is 1.21. The summed E-state index contributed by atoms with van der Waals surface area (Å²) in [6, 6.07) is 5.61. The van der Waals surface area contributed by atoms with Gasteiger partial charge in [0.2, 0.25) is 0 Å². The van der Waals surface area contributed by atoms with Crippen LogP contribution in [0.5, 0.6) is 5.75 Å². The van der Waals surface area contributed by atoms with Gasteiger partial charge in [-0.25, -0.2) is 15.0 Å². The Balaban J connectivity index is 1.000. The number of imidazole rings is 1. The number of fused-ring (bicyclic) bond motifs is 2. The zero-order valence-electron chi connectivity index (χ0n) is 21.9. The minimum atomic E-state index is -4.74. The van der Waals surface area contributed by atoms with Crippen LogP contribution in [-0.4, -0.2) is 65.4 Å². The Morgan fingerprint density at radius 2 is 2.00 bits per heavy atom. The molecule has 3 aromatic heterocycles. The molecule has 2 aliphatic rings. The smallest absolute Gasteiger partial charge is 0.406 e. The number of aryl methyl sites for hydroxylation is 1. The first-order valence-corrected chi connectivity index (χ1v) is 13.4. The van der Waals surface area contributed by atoms with Crippen molar-refractivity contribution in [1.82, 2.24) is 29.8 Å². The number of aromatic amines is 1. The number of anilines is 1. The Hall–Kier alpha value is -3.42. The van der Waals surface area contributed by atoms with Crippen molar-refractivity contribution in [2.24, 2.45) is 11.8 Å². The van der Waals surface area contributed by atoms with Crippen LogP contribution in [0.2, 0.25) is 0 Å². The summed E-state index contributed by atoms with van der Waals surface area (Å²) < 4.78 is 43.4. The molecule has 0 bridgehead atoms. The molecular formula is C27H32F3N7O3. The Bertz CT molecular complexity index is 1510. The molecule has 0 amide bonds. The van der Waals surface area contributed by atoms with Crippen LogP contribution in [0.25, 0.3) is 22.1 Å². The van der Waals surface area contributed by atoms with Crippen LogP contribution in [0.1, 0.15) is 44.5 Å². The van der Waals surface area contributed by atoms with E-state index in [9.17, 15) is 23.4 Å². The van der Waals surface area contributed by atoms with Gasteiger partial charge in [-0.1, -0.05) is 0 Å². The fourth-order valence-corrected chi connectivity index (χ4v) is 6.47. The molecule has 3 heterocycles. The first-order valence-electron chi connectivity index (χ1n) is 13.4. The Labute approximate surface area is 227 Å². The number of nitrogens with one attached hydrogen (secondary N) is 2. The third-order valence-electron chi connectivity index (χ3n) is 8.46. The van der Waals surface area contributed by atoms with Crippen LogP contribution in [-0.2, 0) is 6.42 Å². The number of halogens is 3. The molecule has 0 unspecified atom stereocenters. The molecule has 0 saturated heterocycles. The normalized spacial score (nSPS) is 28.8. The van der Waals surface area contributed by atoms with Crippen molar-refractivity contribution in [2.75, 3.05) is 12.3 Å². The zero-order chi connectivity index (χ0) is 28.2. The number of aliphatic hydroxyl groups is 2. The van der Waals surface area contributed by atoms with E-state index in [1.165, 1.54) is 24.5 Å². The predicted molar refractivity (Wildman–Crippen MR) is 141 cm³/mol. The minimum absolute atomic E-state index is 0.0625. The second-order valence-corrected chi connectivity index (χ2v) is 11.4. The van der Waals surface area contributed by atoms with Gasteiger partial charge in [-0.15, -0.1) is 13.2 Å². The van der Waals surface area contributed by atoms with Gasteiger partial charge < -0.3 is 35.6 Å². The average molecular weight is 560 g/mol. The lowest BCUT2D eigenvalue weighted by Crippen LogP contribution is -2.54. The number of alkyl halides is 3. The van der Waals surface area contributed by atoms with Gasteiger partial charge in [0.25, 0.3) is 0 Å². The van der Waals surface area contributed by atoms with E-state index in [1.54, 1.807) is 0 Å². The largest absolute Gasteiger partial charge is 0.573 e. The summed E-state index contributed by atoms with van der Waals surface area (Å²) in [5.41, 5.74) is 7.64. The first-order chi connectivity index (χ1) is 19.0. The molecule has 0 spiro atoms. The van der Waals surface area contributed by atoms with Crippen LogP contribution in [0.15, 0.2) is 36.8 Å². The van der Waals surface area contributed by atoms with Crippen molar-refractivity contribution in [1.29, 1.82) is 0 Å². The van der Waals surface area contributed by atoms with Gasteiger partial charge in [0.15, 0.2) is 0 Å². The number of aliphatic hydroxyl groups excluding tert-OH is 2. The molecule has 214 valence electrons. The maximum atomic E-state index is 12.5. The lowest BCUT2D eigenvalue weighted by Gasteiger charge is -2.47. The standard InChI is InChI=1S/C27H32F3N7O3/c1-26(10-14(11-26)2-5-21-35-18-4-3-16(9-19(18)36-21)40-27(28,29)30)34-12-15-8-20(23(39)22(15)38)37-7-6-17-24(31)32-13-33-25(17)37/h3-4,6-7,9,13-15,20,22-23,34,38-39H,2,5,8,10-12H2,1H3,(H,35,36)(H2,31,32,33)/t14?,15-,20-,22-,23+,26?/m1/s1. The van der Waals surface area contributed by atoms with Crippen LogP contribution in [0.4, 0.5) is 19.0 Å². The predicted octanol–water partition coefficient (Wildman–Crippen LogP) is 3.46. The van der Waals surface area contributed by atoms with Gasteiger partial charge in [0, 0.05) is 36.7 Å². The molecule has 2 fully saturated rings. The second kappa shape index (κ2) is 9.89. The minimum Gasteiger partial charge on any atom is -0.406 e. The maximum Gasteiger partial charge on any atom is 0.573 e. The van der Waals surface area contributed by atoms with Crippen molar-refractivity contribution in [3.8, 4) is 5.75 Å². The summed E-state index contributed by atoms with van der Waals surface area (Å²) >= 11 is 0. The second-order valence-electron chi connectivity index (χ2n) is 11.4. The molecule has 2 saturated carbocycles. The number of ether oxygens (including phenoxy) is 1. The number of nitrogen functional groups attached to an aromatic ring is 1. The number of benzene rings is 1. The fraction of sp³-hybridized carbons (Fsp3) is 0.519. The van der Waals surface area contributed by atoms with Gasteiger partial charge >= 0.3 is 6.36 Å². The third kappa shape index (κ3) is 5.20. The molecule has 40 heavy (non-hydrogen) atoms. The summed E-state index contributed by atoms with van der Waals surface area (Å²) in [6.07, 6.45) is 0.848. The highest BCUT2D eigenvalue weighted by molar-refractivity contribution is 5.86. The average Bonchev–Trinajstić information content (AvgIpc) is 3.55. The van der Waals surface area contributed by atoms with Crippen LogP contribution in [0, 0.1) is 11.8 Å². The SMILES string of the molecule is CC1(NC[C@H]2C[C@@H](n3ccc4c(N)ncnc43)[C@H](O)[C@@H]2O)CC(CCc2nc3ccc(OC(F)(F)F)cc3[nH]2)C1. The summed E-state index contributed by atoms with van der Waals surface area (Å²) in [6.45, 7) is 2.75. The third-order valence-corrected chi connectivity index (χ3v) is 8.46. The van der Waals surface area contributed by atoms with E-state index in [0.717, 1.165) is 30.5 Å². The number of hydrogen-bond donors (Lipinski definition) is 5. The van der Waals surface area contributed by atoms with E-state index in [1.807, 2.05) is 16.8 Å². The van der Waals surface area contributed by atoms with Gasteiger partial charge in [0.05, 0.1) is 28.6 Å². The molecular weight excluding hydrogens is 527 g/mol. The van der Waals surface area contributed by atoms with Crippen molar-refractivity contribution < 1.29 is 28.1 Å². The molecule has 2 aliphatic carbocycles. The topological polar surface area (TPSA) is 147 Å². The van der Waals surface area contributed by atoms with E-state index < -0.39 is 18.6 Å². The Morgan fingerprint density at radius 3 is 2.77 bits per heavy atom. The molecule has 4 aromatic rings. The van der Waals surface area contributed by atoms with E-state index in [2.05, 4.69) is 36.9 Å². The highest BCUT2D eigenvalue weighted by Crippen LogP contribution is 2.42. The highest BCUT2D eigenvalue weighted by Gasteiger charge is 2.45. The van der Waals surface area contributed by atoms with E-state index in [4.69, 9.17) is 5.73 Å². The Morgan fingerprint density at radius 1 is 1.20 bits per heavy atom. The summed E-state index contributed by atoms with van der Waals surface area (Å²) in [4.78, 5) is 15.9. The number of nitrogens with zero attached hydrogens (tertiary/aromatic N) is 4. The fourth-order valence-electron chi connectivity index (χ4n) is 6.47. The van der Waals surface area contributed by atoms with Crippen molar-refractivity contribution in [3.05, 3.63) is 42.6 Å². The van der Waals surface area contributed by atoms with Crippen LogP contribution < -0.4 is 15.8 Å². The molecule has 6 rings (SSSR count). The maximum absolute atomic E-state index is 12.5. The van der Waals surface area contributed by atoms with E-state index in [-0.39, 0.29) is 23.2 Å². The number of hydrogen-bond acceptors (Lipinski definition) is 8. The molecule has 0 aliphatic heterocycles. The zero-order valence-corrected chi connectivity index (χ0v) is 21.9. The molecule has 4 atom stereocenters. The van der Waals surface area contributed by atoms with Crippen LogP contribution >= 0.6 is 0 Å². The van der Waals surface area contributed by atoms with Gasteiger partial charge in [-0.3, -0.25) is 0 Å². The summed E-state index contributed by atoms with van der Waals surface area (Å²) in [7, 11) is 0. The molecule has 13 heteroatoms. The molecule has 10 nitrogen and oxygen atoms in total. The van der Waals surface area contributed by atoms with E-state index >= 15 is 0 Å². The van der Waals surface area contributed by atoms with Gasteiger partial charge in [-0.2, -0.15) is 0 Å². The van der Waals surface area contributed by atoms with Gasteiger partial charge in [-0.05, 0) is 56.7 Å². The van der Waals surface area contributed by atoms with Crippen LogP contribution in [0.3, 0.4) is 0 Å². The molecule has 0 radical (unpaired) electrons. The molecule has 6 N–H and O–H groups in total. The highest BCUT2D eigenvalue weighted by atomic mass is 19.4. The van der Waals surface area contributed by atoms with Crippen molar-refractivity contribution in [3.63, 3.8) is 0 Å². The first kappa shape index (κ1) is 26.8. The number of nitrogens with two attached hydrogens (primary N) is 1. The molecule has 1 aromatic carbocycles. The lowest BCUT2D eigenvalue weighted by molar-refractivity contribution is -0.274. The van der Waals surface area contributed by atoms with Gasteiger partial charge in [0.1, 0.15) is 35.5 Å². The quantitative estimate of drug-likeness (QED) is 0.221. The number of rotatable bonds is 8. The van der Waals surface area contributed by atoms with E-state index in [0.29, 0.717) is 47.8 Å². The monoisotopic (exact) mass is 559 g/mol. The van der Waals surface area contributed by atoms with Crippen molar-refractivity contribution >= 4 is 27.9 Å². The number of H-pyrrole nitrogens is 1. The summed E-state index contributed by atoms with van der Waals surface area (Å²) in [5, 5.41) is 26.0. The van der Waals surface area contributed by atoms with Crippen molar-refractivity contribution in [2.45, 2.75) is 69.2 Å².